The van der Waals surface area contributed by atoms with E-state index < -0.39 is 42.1 Å². The molecule has 3 N–H and O–H groups in total. The molecule has 244 valence electrons. The number of hydrogen-bond acceptors (Lipinski definition) is 7. The van der Waals surface area contributed by atoms with Crippen molar-refractivity contribution in [2.75, 3.05) is 31.5 Å². The zero-order valence-corrected chi connectivity index (χ0v) is 24.4. The van der Waals surface area contributed by atoms with Gasteiger partial charge in [-0.25, -0.2) is 23.1 Å². The molecule has 0 bridgehead atoms. The van der Waals surface area contributed by atoms with E-state index in [1.54, 1.807) is 11.8 Å². The summed E-state index contributed by atoms with van der Waals surface area (Å²) in [6.07, 6.45) is -1.90. The van der Waals surface area contributed by atoms with Gasteiger partial charge in [0, 0.05) is 62.4 Å². The number of nitrogens with zero attached hydrogens (tertiary/aromatic N) is 7. The molecule has 1 saturated carbocycles. The lowest BCUT2D eigenvalue weighted by Crippen LogP contribution is -2.54. The summed E-state index contributed by atoms with van der Waals surface area (Å²) in [7, 11) is 0. The zero-order chi connectivity index (χ0) is 32.9. The number of halogens is 6. The first-order valence-corrected chi connectivity index (χ1v) is 14.5. The molecule has 4 aromatic rings. The number of piperazine rings is 1. The maximum Gasteiger partial charge on any atom is 0.435 e. The second kappa shape index (κ2) is 11.9. The summed E-state index contributed by atoms with van der Waals surface area (Å²) in [5.74, 6) is -1.30. The maximum absolute atomic E-state index is 15.4. The van der Waals surface area contributed by atoms with Gasteiger partial charge in [0.05, 0.1) is 23.0 Å². The molecule has 2 aliphatic rings. The lowest BCUT2D eigenvalue weighted by molar-refractivity contribution is -0.141. The first-order valence-electron chi connectivity index (χ1n) is 14.5. The van der Waals surface area contributed by atoms with E-state index in [1.807, 2.05) is 0 Å². The lowest BCUT2D eigenvalue weighted by atomic mass is 9.80. The topological polar surface area (TPSA) is 127 Å². The normalized spacial score (nSPS) is 18.7. The summed E-state index contributed by atoms with van der Waals surface area (Å²) in [6.45, 7) is 1.75. The zero-order valence-electron chi connectivity index (χ0n) is 24.4. The van der Waals surface area contributed by atoms with E-state index in [2.05, 4.69) is 20.4 Å². The van der Waals surface area contributed by atoms with Crippen LogP contribution in [0.5, 0.6) is 0 Å². The van der Waals surface area contributed by atoms with Crippen LogP contribution >= 0.6 is 0 Å². The van der Waals surface area contributed by atoms with Crippen molar-refractivity contribution in [3.05, 3.63) is 59.6 Å². The minimum absolute atomic E-state index is 0.0300. The van der Waals surface area contributed by atoms with Crippen LogP contribution in [0.2, 0.25) is 0 Å². The Labute approximate surface area is 258 Å². The van der Waals surface area contributed by atoms with Crippen molar-refractivity contribution in [3.8, 4) is 11.3 Å². The van der Waals surface area contributed by atoms with Crippen molar-refractivity contribution in [1.82, 2.24) is 33.9 Å². The number of nitrogens with two attached hydrogens (primary N) is 1. The molecular weight excluding hydrogens is 620 g/mol. The molecule has 4 heterocycles. The van der Waals surface area contributed by atoms with Crippen LogP contribution in [0.1, 0.15) is 34.5 Å². The molecule has 0 atom stereocenters. The van der Waals surface area contributed by atoms with Gasteiger partial charge in [-0.15, -0.1) is 0 Å². The molecule has 46 heavy (non-hydrogen) atoms. The van der Waals surface area contributed by atoms with E-state index in [1.165, 1.54) is 27.8 Å². The molecule has 11 nitrogen and oxygen atoms in total. The first-order chi connectivity index (χ1) is 21.8. The first kappa shape index (κ1) is 31.3. The molecule has 1 aromatic carbocycles. The molecule has 1 aliphatic heterocycles. The number of carbonyl (C=O) groups is 2. The Bertz CT molecular complexity index is 1770. The quantitative estimate of drug-likeness (QED) is 0.289. The van der Waals surface area contributed by atoms with E-state index in [0.29, 0.717) is 36.2 Å². The van der Waals surface area contributed by atoms with Crippen molar-refractivity contribution in [3.63, 3.8) is 0 Å². The molecule has 0 radical (unpaired) electrons. The van der Waals surface area contributed by atoms with Crippen LogP contribution in [0.15, 0.2) is 36.9 Å². The third kappa shape index (κ3) is 5.98. The van der Waals surface area contributed by atoms with Crippen molar-refractivity contribution in [2.45, 2.75) is 45.0 Å². The van der Waals surface area contributed by atoms with E-state index in [4.69, 9.17) is 5.73 Å². The van der Waals surface area contributed by atoms with Crippen LogP contribution in [0.3, 0.4) is 0 Å². The minimum Gasteiger partial charge on any atom is -0.339 e. The number of fused-ring (bicyclic) bond motifs is 1. The fourth-order valence-electron chi connectivity index (χ4n) is 5.89. The Kier molecular flexibility index (Phi) is 8.12. The van der Waals surface area contributed by atoms with Gasteiger partial charge >= 0.3 is 6.18 Å². The van der Waals surface area contributed by atoms with Gasteiger partial charge in [0.25, 0.3) is 12.3 Å². The Morgan fingerprint density at radius 1 is 1.09 bits per heavy atom. The van der Waals surface area contributed by atoms with Gasteiger partial charge in [0.2, 0.25) is 5.91 Å². The highest BCUT2D eigenvalue weighted by atomic mass is 19.4. The lowest BCUT2D eigenvalue weighted by Gasteiger charge is -2.40. The van der Waals surface area contributed by atoms with Gasteiger partial charge in [-0.1, -0.05) is 0 Å². The fourth-order valence-corrected chi connectivity index (χ4v) is 5.89. The monoisotopic (exact) mass is 649 g/mol. The van der Waals surface area contributed by atoms with Gasteiger partial charge < -0.3 is 20.9 Å². The number of aryl methyl sites for hydroxylation is 1. The van der Waals surface area contributed by atoms with Gasteiger partial charge in [-0.2, -0.15) is 18.3 Å². The number of amides is 2. The second-order valence-electron chi connectivity index (χ2n) is 11.4. The van der Waals surface area contributed by atoms with Gasteiger partial charge in [-0.3, -0.25) is 18.7 Å². The van der Waals surface area contributed by atoms with Crippen LogP contribution in [-0.2, 0) is 17.5 Å². The number of rotatable bonds is 7. The van der Waals surface area contributed by atoms with Crippen LogP contribution in [0.4, 0.5) is 37.8 Å². The van der Waals surface area contributed by atoms with E-state index in [9.17, 15) is 31.5 Å². The number of imidazole rings is 1. The van der Waals surface area contributed by atoms with Crippen LogP contribution in [0.25, 0.3) is 16.9 Å². The molecule has 2 fully saturated rings. The third-order valence-electron chi connectivity index (χ3n) is 8.23. The molecule has 0 spiro atoms. The number of anilines is 2. The predicted octanol–water partition coefficient (Wildman–Crippen LogP) is 4.09. The summed E-state index contributed by atoms with van der Waals surface area (Å²) >= 11 is 0. The van der Waals surface area contributed by atoms with Crippen LogP contribution in [0, 0.1) is 18.7 Å². The number of alkyl halides is 5. The molecular formula is C29H29F6N9O2. The van der Waals surface area contributed by atoms with E-state index in [-0.39, 0.29) is 59.4 Å². The maximum atomic E-state index is 15.4. The summed E-state index contributed by atoms with van der Waals surface area (Å²) in [5, 5.41) is 6.23. The Balaban J connectivity index is 1.20. The van der Waals surface area contributed by atoms with Crippen LogP contribution < -0.4 is 11.1 Å². The summed E-state index contributed by atoms with van der Waals surface area (Å²) in [5.41, 5.74) is 4.39. The van der Waals surface area contributed by atoms with Gasteiger partial charge in [0.1, 0.15) is 12.4 Å². The van der Waals surface area contributed by atoms with Crippen molar-refractivity contribution in [2.24, 2.45) is 11.7 Å². The average Bonchev–Trinajstić information content (AvgIpc) is 3.59. The second-order valence-corrected chi connectivity index (χ2v) is 11.4. The SMILES string of the molecule is Cc1cc(Nc2nccn3c(-c4cn(CC(F)F)nc4C(F)(F)F)cnc23)cc(F)c1C(=O)N1CCN(C(=O)[C@H]2C[C@@H](N)C2)CC1. The van der Waals surface area contributed by atoms with Gasteiger partial charge in [0.15, 0.2) is 17.2 Å². The molecule has 6 rings (SSSR count). The molecule has 17 heteroatoms. The molecule has 3 aromatic heterocycles. The smallest absolute Gasteiger partial charge is 0.339 e. The minimum atomic E-state index is -4.93. The molecule has 1 aliphatic carbocycles. The molecule has 0 unspecified atom stereocenters. The van der Waals surface area contributed by atoms with Gasteiger partial charge in [-0.05, 0) is 37.5 Å². The standard InChI is InChI=1S/C29H29F6N9O2/c1-15-8-18(11-20(30)23(15)28(46)42-6-4-41(5-7-42)27(45)16-9-17(36)10-16)39-25-26-38-12-21(44(26)3-2-37-25)19-13-43(14-22(31)32)40-24(19)29(33,34)35/h2-3,8,11-13,16-17,22H,4-7,9-10,14,36H2,1H3,(H,37,39)/t16-,17+. The summed E-state index contributed by atoms with van der Waals surface area (Å²) in [4.78, 5) is 37.5. The predicted molar refractivity (Wildman–Crippen MR) is 153 cm³/mol. The van der Waals surface area contributed by atoms with Crippen molar-refractivity contribution in [1.29, 1.82) is 0 Å². The Morgan fingerprint density at radius 3 is 2.41 bits per heavy atom. The summed E-state index contributed by atoms with van der Waals surface area (Å²) < 4.78 is 84.2. The number of nitrogens with one attached hydrogen (secondary N) is 1. The average molecular weight is 650 g/mol. The number of carbonyl (C=O) groups excluding carboxylic acids is 2. The van der Waals surface area contributed by atoms with Crippen molar-refractivity contribution < 1.29 is 35.9 Å². The largest absolute Gasteiger partial charge is 0.435 e. The van der Waals surface area contributed by atoms with Crippen LogP contribution in [-0.4, -0.2) is 84.4 Å². The fraction of sp³-hybridized carbons (Fsp3) is 0.414. The highest BCUT2D eigenvalue weighted by Crippen LogP contribution is 2.37. The highest BCUT2D eigenvalue weighted by molar-refractivity contribution is 5.97. The summed E-state index contributed by atoms with van der Waals surface area (Å²) in [6, 6.07) is 2.68. The number of benzene rings is 1. The highest BCUT2D eigenvalue weighted by Gasteiger charge is 2.39. The molecule has 2 amide bonds. The number of hydrogen-bond donors (Lipinski definition) is 2. The van der Waals surface area contributed by atoms with E-state index >= 15 is 4.39 Å². The third-order valence-corrected chi connectivity index (χ3v) is 8.23. The Hall–Kier alpha value is -4.67. The van der Waals surface area contributed by atoms with Crippen molar-refractivity contribution >= 4 is 29.0 Å². The molecule has 1 saturated heterocycles. The Morgan fingerprint density at radius 2 is 1.78 bits per heavy atom. The number of aromatic nitrogens is 5. The van der Waals surface area contributed by atoms with E-state index in [0.717, 1.165) is 18.5 Å².